The second-order valence-electron chi connectivity index (χ2n) is 5.85. The molecule has 0 atom stereocenters. The Labute approximate surface area is 146 Å². The molecule has 0 N–H and O–H groups in total. The second kappa shape index (κ2) is 8.19. The Hall–Kier alpha value is -2.02. The summed E-state index contributed by atoms with van der Waals surface area (Å²) >= 11 is 1.25. The van der Waals surface area contributed by atoms with Gasteiger partial charge in [0.05, 0.1) is 18.4 Å². The highest BCUT2D eigenvalue weighted by Gasteiger charge is 2.21. The molecule has 24 heavy (non-hydrogen) atoms. The van der Waals surface area contributed by atoms with Crippen LogP contribution in [-0.4, -0.2) is 46.0 Å². The van der Waals surface area contributed by atoms with Gasteiger partial charge >= 0.3 is 0 Å². The second-order valence-corrected chi connectivity index (χ2v) is 6.78. The van der Waals surface area contributed by atoms with Gasteiger partial charge in [0.15, 0.2) is 0 Å². The van der Waals surface area contributed by atoms with Gasteiger partial charge in [-0.1, -0.05) is 23.9 Å². The maximum Gasteiger partial charge on any atom is 0.277 e. The Kier molecular flexibility index (Phi) is 6.25. The third-order valence-corrected chi connectivity index (χ3v) is 4.27. The smallest absolute Gasteiger partial charge is 0.277 e. The van der Waals surface area contributed by atoms with Crippen LogP contribution in [0.4, 0.5) is 0 Å². The molecule has 0 spiro atoms. The maximum absolute atomic E-state index is 12.4. The molecule has 0 saturated heterocycles. The first kappa shape index (κ1) is 18.3. The average Bonchev–Trinajstić information content (AvgIpc) is 3.01. The van der Waals surface area contributed by atoms with Gasteiger partial charge in [0.25, 0.3) is 11.1 Å². The number of aromatic nitrogens is 2. The summed E-state index contributed by atoms with van der Waals surface area (Å²) in [5, 5.41) is 8.43. The van der Waals surface area contributed by atoms with Gasteiger partial charge in [-0.3, -0.25) is 4.79 Å². The number of benzene rings is 1. The number of hydrogen-bond acceptors (Lipinski definition) is 6. The van der Waals surface area contributed by atoms with E-state index in [1.165, 1.54) is 11.8 Å². The van der Waals surface area contributed by atoms with Crippen LogP contribution in [-0.2, 0) is 4.79 Å². The number of para-hydroxylation sites is 1. The van der Waals surface area contributed by atoms with Crippen LogP contribution in [0.15, 0.2) is 33.9 Å². The van der Waals surface area contributed by atoms with Gasteiger partial charge in [-0.25, -0.2) is 0 Å². The third-order valence-electron chi connectivity index (χ3n) is 3.46. The molecule has 0 aliphatic carbocycles. The summed E-state index contributed by atoms with van der Waals surface area (Å²) in [5.41, 5.74) is 0.733. The summed E-state index contributed by atoms with van der Waals surface area (Å²) in [5.74, 6) is 1.37. The van der Waals surface area contributed by atoms with Crippen molar-refractivity contribution in [3.8, 4) is 17.2 Å². The van der Waals surface area contributed by atoms with E-state index < -0.39 is 0 Å². The van der Waals surface area contributed by atoms with Crippen LogP contribution >= 0.6 is 11.8 Å². The molecule has 0 unspecified atom stereocenters. The molecule has 130 valence electrons. The first-order valence-corrected chi connectivity index (χ1v) is 8.83. The Bertz CT molecular complexity index is 677. The minimum Gasteiger partial charge on any atom is -0.496 e. The highest BCUT2D eigenvalue weighted by molar-refractivity contribution is 7.99. The highest BCUT2D eigenvalue weighted by atomic mass is 32.2. The van der Waals surface area contributed by atoms with E-state index in [0.717, 1.165) is 5.56 Å². The van der Waals surface area contributed by atoms with E-state index in [0.29, 0.717) is 16.9 Å². The molecule has 7 heteroatoms. The van der Waals surface area contributed by atoms with E-state index >= 15 is 0 Å². The van der Waals surface area contributed by atoms with Crippen LogP contribution in [0.2, 0.25) is 0 Å². The molecule has 0 saturated carbocycles. The standard InChI is InChI=1S/C17H23N3O3S/c1-11(2)20(12(3)4)15(21)10-24-17-19-18-16(23-17)13-8-6-7-9-14(13)22-5/h6-9,11-12H,10H2,1-5H3. The van der Waals surface area contributed by atoms with Crippen LogP contribution in [0, 0.1) is 0 Å². The Morgan fingerprint density at radius 3 is 2.50 bits per heavy atom. The lowest BCUT2D eigenvalue weighted by atomic mass is 10.2. The van der Waals surface area contributed by atoms with E-state index in [4.69, 9.17) is 9.15 Å². The molecule has 0 fully saturated rings. The molecule has 0 bridgehead atoms. The van der Waals surface area contributed by atoms with Crippen LogP contribution in [0.3, 0.4) is 0 Å². The van der Waals surface area contributed by atoms with Crippen molar-refractivity contribution in [1.82, 2.24) is 15.1 Å². The van der Waals surface area contributed by atoms with E-state index in [9.17, 15) is 4.79 Å². The van der Waals surface area contributed by atoms with Crippen molar-refractivity contribution < 1.29 is 13.9 Å². The average molecular weight is 349 g/mol. The summed E-state index contributed by atoms with van der Waals surface area (Å²) in [7, 11) is 1.59. The molecule has 1 aromatic carbocycles. The Balaban J connectivity index is 2.05. The number of ether oxygens (including phenoxy) is 1. The van der Waals surface area contributed by atoms with Crippen molar-refractivity contribution in [1.29, 1.82) is 0 Å². The Morgan fingerprint density at radius 2 is 1.88 bits per heavy atom. The third kappa shape index (κ3) is 4.29. The fourth-order valence-electron chi connectivity index (χ4n) is 2.57. The lowest BCUT2D eigenvalue weighted by Crippen LogP contribution is -2.43. The molecule has 2 rings (SSSR count). The monoisotopic (exact) mass is 349 g/mol. The van der Waals surface area contributed by atoms with Gasteiger partial charge < -0.3 is 14.1 Å². The molecule has 1 amide bonds. The van der Waals surface area contributed by atoms with Crippen molar-refractivity contribution in [2.24, 2.45) is 0 Å². The van der Waals surface area contributed by atoms with E-state index in [1.54, 1.807) is 7.11 Å². The van der Waals surface area contributed by atoms with Crippen LogP contribution in [0.1, 0.15) is 27.7 Å². The molecule has 6 nitrogen and oxygen atoms in total. The lowest BCUT2D eigenvalue weighted by molar-refractivity contribution is -0.131. The minimum absolute atomic E-state index is 0.0574. The van der Waals surface area contributed by atoms with Gasteiger partial charge in [-0.15, -0.1) is 10.2 Å². The van der Waals surface area contributed by atoms with Crippen LogP contribution < -0.4 is 4.74 Å². The summed E-state index contributed by atoms with van der Waals surface area (Å²) < 4.78 is 10.9. The SMILES string of the molecule is COc1ccccc1-c1nnc(SCC(=O)N(C(C)C)C(C)C)o1. The molecule has 1 aromatic heterocycles. The number of hydrogen-bond donors (Lipinski definition) is 0. The Morgan fingerprint density at radius 1 is 1.21 bits per heavy atom. The van der Waals surface area contributed by atoms with Gasteiger partial charge in [-0.05, 0) is 39.8 Å². The van der Waals surface area contributed by atoms with Gasteiger partial charge in [0, 0.05) is 12.1 Å². The van der Waals surface area contributed by atoms with Crippen molar-refractivity contribution in [2.75, 3.05) is 12.9 Å². The summed E-state index contributed by atoms with van der Waals surface area (Å²) in [6, 6.07) is 7.75. The number of thioether (sulfide) groups is 1. The van der Waals surface area contributed by atoms with Crippen molar-refractivity contribution in [2.45, 2.75) is 45.0 Å². The number of methoxy groups -OCH3 is 1. The molecule has 0 aliphatic rings. The molecule has 2 aromatic rings. The summed E-state index contributed by atoms with van der Waals surface area (Å²) in [4.78, 5) is 14.2. The summed E-state index contributed by atoms with van der Waals surface area (Å²) in [6.07, 6.45) is 0. The first-order valence-electron chi connectivity index (χ1n) is 7.85. The lowest BCUT2D eigenvalue weighted by Gasteiger charge is -2.30. The van der Waals surface area contributed by atoms with Gasteiger partial charge in [0.1, 0.15) is 5.75 Å². The molecular formula is C17H23N3O3S. The van der Waals surface area contributed by atoms with Gasteiger partial charge in [0.2, 0.25) is 5.91 Å². The van der Waals surface area contributed by atoms with Crippen molar-refractivity contribution in [3.05, 3.63) is 24.3 Å². The fraction of sp³-hybridized carbons (Fsp3) is 0.471. The zero-order valence-electron chi connectivity index (χ0n) is 14.6. The van der Waals surface area contributed by atoms with E-state index in [1.807, 2.05) is 56.9 Å². The predicted octanol–water partition coefficient (Wildman–Crippen LogP) is 3.48. The van der Waals surface area contributed by atoms with Crippen LogP contribution in [0.5, 0.6) is 5.75 Å². The quantitative estimate of drug-likeness (QED) is 0.713. The van der Waals surface area contributed by atoms with Crippen LogP contribution in [0.25, 0.3) is 11.5 Å². The number of rotatable bonds is 7. The number of nitrogens with zero attached hydrogens (tertiary/aromatic N) is 3. The highest BCUT2D eigenvalue weighted by Crippen LogP contribution is 2.30. The zero-order valence-corrected chi connectivity index (χ0v) is 15.5. The number of amides is 1. The fourth-order valence-corrected chi connectivity index (χ4v) is 3.20. The van der Waals surface area contributed by atoms with E-state index in [-0.39, 0.29) is 23.7 Å². The predicted molar refractivity (Wildman–Crippen MR) is 94.1 cm³/mol. The van der Waals surface area contributed by atoms with Crippen molar-refractivity contribution in [3.63, 3.8) is 0 Å². The maximum atomic E-state index is 12.4. The van der Waals surface area contributed by atoms with Crippen molar-refractivity contribution >= 4 is 17.7 Å². The topological polar surface area (TPSA) is 68.5 Å². The van der Waals surface area contributed by atoms with E-state index in [2.05, 4.69) is 10.2 Å². The summed E-state index contributed by atoms with van der Waals surface area (Å²) in [6.45, 7) is 8.04. The largest absolute Gasteiger partial charge is 0.496 e. The minimum atomic E-state index is 0.0574. The molecule has 0 aliphatic heterocycles. The molecule has 1 heterocycles. The van der Waals surface area contributed by atoms with Gasteiger partial charge in [-0.2, -0.15) is 0 Å². The number of carbonyl (C=O) groups excluding carboxylic acids is 1. The zero-order chi connectivity index (χ0) is 17.7. The normalized spacial score (nSPS) is 11.1. The molecular weight excluding hydrogens is 326 g/mol. The molecule has 0 radical (unpaired) electrons. The number of carbonyl (C=O) groups is 1. The first-order chi connectivity index (χ1) is 11.4.